The number of rotatable bonds is 5. The van der Waals surface area contributed by atoms with Gasteiger partial charge in [0.2, 0.25) is 0 Å². The molecule has 1 aliphatic heterocycles. The Balaban J connectivity index is 1.61. The van der Waals surface area contributed by atoms with Crippen molar-refractivity contribution in [1.29, 1.82) is 0 Å². The summed E-state index contributed by atoms with van der Waals surface area (Å²) in [6.45, 7) is 0.368. The van der Waals surface area contributed by atoms with Crippen molar-refractivity contribution in [3.63, 3.8) is 0 Å². The number of nitrogens with zero attached hydrogens (tertiary/aromatic N) is 2. The molecule has 0 bridgehead atoms. The topological polar surface area (TPSA) is 101 Å². The van der Waals surface area contributed by atoms with E-state index < -0.39 is 9.84 Å². The minimum absolute atomic E-state index is 0.122. The molecule has 3 heterocycles. The molecule has 1 amide bonds. The Morgan fingerprint density at radius 2 is 2.17 bits per heavy atom. The molecular formula is C16H18N4O3S. The quantitative estimate of drug-likeness (QED) is 0.838. The van der Waals surface area contributed by atoms with E-state index in [4.69, 9.17) is 0 Å². The first-order valence-electron chi connectivity index (χ1n) is 7.62. The molecule has 1 fully saturated rings. The van der Waals surface area contributed by atoms with E-state index in [1.54, 1.807) is 30.6 Å². The molecule has 0 aliphatic carbocycles. The van der Waals surface area contributed by atoms with Crippen LogP contribution in [0, 0.1) is 0 Å². The van der Waals surface area contributed by atoms with Crippen molar-refractivity contribution in [3.8, 4) is 0 Å². The van der Waals surface area contributed by atoms with Crippen molar-refractivity contribution in [2.24, 2.45) is 0 Å². The molecule has 1 unspecified atom stereocenters. The summed E-state index contributed by atoms with van der Waals surface area (Å²) < 4.78 is 23.0. The molecule has 1 aliphatic rings. The molecule has 1 atom stereocenters. The van der Waals surface area contributed by atoms with Gasteiger partial charge in [-0.1, -0.05) is 6.07 Å². The number of carbonyl (C=O) groups excluding carboxylic acids is 1. The fourth-order valence-electron chi connectivity index (χ4n) is 2.56. The fraction of sp³-hybridized carbons (Fsp3) is 0.312. The molecule has 2 aromatic rings. The SMILES string of the molecule is O=C(NCc1cccnc1)c1cc(NC2CCS(=O)(=O)C2)ccn1. The van der Waals surface area contributed by atoms with Gasteiger partial charge in [0.05, 0.1) is 11.5 Å². The summed E-state index contributed by atoms with van der Waals surface area (Å²) in [6.07, 6.45) is 5.47. The second-order valence-corrected chi connectivity index (χ2v) is 7.95. The first-order chi connectivity index (χ1) is 11.5. The van der Waals surface area contributed by atoms with Crippen LogP contribution in [0.25, 0.3) is 0 Å². The average Bonchev–Trinajstić information content (AvgIpc) is 2.92. The Morgan fingerprint density at radius 1 is 1.29 bits per heavy atom. The predicted molar refractivity (Wildman–Crippen MR) is 90.3 cm³/mol. The maximum Gasteiger partial charge on any atom is 0.270 e. The lowest BCUT2D eigenvalue weighted by atomic mass is 10.2. The summed E-state index contributed by atoms with van der Waals surface area (Å²) in [5.41, 5.74) is 1.87. The lowest BCUT2D eigenvalue weighted by molar-refractivity contribution is 0.0946. The maximum absolute atomic E-state index is 12.2. The monoisotopic (exact) mass is 346 g/mol. The van der Waals surface area contributed by atoms with Gasteiger partial charge in [-0.2, -0.15) is 0 Å². The molecule has 126 valence electrons. The summed E-state index contributed by atoms with van der Waals surface area (Å²) in [4.78, 5) is 20.3. The van der Waals surface area contributed by atoms with Gasteiger partial charge in [-0.15, -0.1) is 0 Å². The van der Waals surface area contributed by atoms with Crippen LogP contribution in [0.15, 0.2) is 42.9 Å². The molecule has 0 saturated carbocycles. The number of anilines is 1. The number of aromatic nitrogens is 2. The van der Waals surface area contributed by atoms with Gasteiger partial charge >= 0.3 is 0 Å². The van der Waals surface area contributed by atoms with Gasteiger partial charge in [0, 0.05) is 36.9 Å². The van der Waals surface area contributed by atoms with Crippen molar-refractivity contribution in [3.05, 3.63) is 54.1 Å². The third-order valence-corrected chi connectivity index (χ3v) is 5.54. The van der Waals surface area contributed by atoms with Crippen molar-refractivity contribution >= 4 is 21.4 Å². The molecule has 2 aromatic heterocycles. The van der Waals surface area contributed by atoms with Gasteiger partial charge in [0.1, 0.15) is 5.69 Å². The summed E-state index contributed by atoms with van der Waals surface area (Å²) in [5, 5.41) is 5.94. The van der Waals surface area contributed by atoms with E-state index in [1.165, 1.54) is 6.20 Å². The lowest BCUT2D eigenvalue weighted by Crippen LogP contribution is -2.25. The molecule has 8 heteroatoms. The second-order valence-electron chi connectivity index (χ2n) is 5.72. The Kier molecular flexibility index (Phi) is 4.75. The molecule has 0 spiro atoms. The van der Waals surface area contributed by atoms with Crippen LogP contribution in [-0.4, -0.2) is 41.8 Å². The highest BCUT2D eigenvalue weighted by Gasteiger charge is 2.27. The van der Waals surface area contributed by atoms with Gasteiger partial charge in [0.15, 0.2) is 9.84 Å². The van der Waals surface area contributed by atoms with Gasteiger partial charge in [-0.05, 0) is 30.2 Å². The number of hydrogen-bond acceptors (Lipinski definition) is 6. The summed E-state index contributed by atoms with van der Waals surface area (Å²) in [7, 11) is -2.94. The summed E-state index contributed by atoms with van der Waals surface area (Å²) >= 11 is 0. The number of carbonyl (C=O) groups is 1. The Morgan fingerprint density at radius 3 is 2.88 bits per heavy atom. The van der Waals surface area contributed by atoms with Crippen molar-refractivity contribution in [2.75, 3.05) is 16.8 Å². The summed E-state index contributed by atoms with van der Waals surface area (Å²) in [6, 6.07) is 6.91. The van der Waals surface area contributed by atoms with Crippen molar-refractivity contribution in [2.45, 2.75) is 19.0 Å². The number of pyridine rings is 2. The van der Waals surface area contributed by atoms with Gasteiger partial charge < -0.3 is 10.6 Å². The van der Waals surface area contributed by atoms with E-state index in [0.717, 1.165) is 5.56 Å². The Bertz CT molecular complexity index is 824. The zero-order valence-electron chi connectivity index (χ0n) is 13.0. The first-order valence-corrected chi connectivity index (χ1v) is 9.44. The molecule has 1 saturated heterocycles. The lowest BCUT2D eigenvalue weighted by Gasteiger charge is -2.13. The van der Waals surface area contributed by atoms with E-state index >= 15 is 0 Å². The number of sulfone groups is 1. The molecular weight excluding hydrogens is 328 g/mol. The average molecular weight is 346 g/mol. The zero-order chi connectivity index (χ0) is 17.0. The van der Waals surface area contributed by atoms with Gasteiger partial charge in [-0.3, -0.25) is 14.8 Å². The first kappa shape index (κ1) is 16.4. The second kappa shape index (κ2) is 6.96. The van der Waals surface area contributed by atoms with Crippen LogP contribution >= 0.6 is 0 Å². The number of nitrogens with one attached hydrogen (secondary N) is 2. The minimum Gasteiger partial charge on any atom is -0.381 e. The molecule has 24 heavy (non-hydrogen) atoms. The highest BCUT2D eigenvalue weighted by Crippen LogP contribution is 2.17. The predicted octanol–water partition coefficient (Wildman–Crippen LogP) is 1.01. The van der Waals surface area contributed by atoms with E-state index in [0.29, 0.717) is 18.7 Å². The third kappa shape index (κ3) is 4.29. The summed E-state index contributed by atoms with van der Waals surface area (Å²) in [5.74, 6) is 0.0352. The highest BCUT2D eigenvalue weighted by molar-refractivity contribution is 7.91. The van der Waals surface area contributed by atoms with Crippen molar-refractivity contribution in [1.82, 2.24) is 15.3 Å². The number of hydrogen-bond donors (Lipinski definition) is 2. The number of amides is 1. The third-order valence-electron chi connectivity index (χ3n) is 3.77. The van der Waals surface area contributed by atoms with Crippen LogP contribution < -0.4 is 10.6 Å². The van der Waals surface area contributed by atoms with E-state index in [1.807, 2.05) is 6.07 Å². The molecule has 3 rings (SSSR count). The normalized spacial score (nSPS) is 18.9. The smallest absolute Gasteiger partial charge is 0.270 e. The highest BCUT2D eigenvalue weighted by atomic mass is 32.2. The Labute approximate surface area is 140 Å². The van der Waals surface area contributed by atoms with Crippen LogP contribution in [0.3, 0.4) is 0 Å². The zero-order valence-corrected chi connectivity index (χ0v) is 13.8. The largest absolute Gasteiger partial charge is 0.381 e. The van der Waals surface area contributed by atoms with E-state index in [-0.39, 0.29) is 29.1 Å². The molecule has 0 radical (unpaired) electrons. The molecule has 0 aromatic carbocycles. The molecule has 2 N–H and O–H groups in total. The van der Waals surface area contributed by atoms with Crippen LogP contribution in [-0.2, 0) is 16.4 Å². The van der Waals surface area contributed by atoms with Gasteiger partial charge in [-0.25, -0.2) is 8.42 Å². The maximum atomic E-state index is 12.2. The standard InChI is InChI=1S/C16H18N4O3S/c21-16(19-10-12-2-1-5-17-9-12)15-8-13(3-6-18-15)20-14-4-7-24(22,23)11-14/h1-3,5-6,8-9,14H,4,7,10-11H2,(H,18,20)(H,19,21). The molecule has 7 nitrogen and oxygen atoms in total. The van der Waals surface area contributed by atoms with Gasteiger partial charge in [0.25, 0.3) is 5.91 Å². The fourth-order valence-corrected chi connectivity index (χ4v) is 4.24. The van der Waals surface area contributed by atoms with Crippen molar-refractivity contribution < 1.29 is 13.2 Å². The Hall–Kier alpha value is -2.48. The minimum atomic E-state index is -2.94. The van der Waals surface area contributed by atoms with Crippen LogP contribution in [0.1, 0.15) is 22.5 Å². The van der Waals surface area contributed by atoms with E-state index in [2.05, 4.69) is 20.6 Å². The van der Waals surface area contributed by atoms with E-state index in [9.17, 15) is 13.2 Å². The van der Waals surface area contributed by atoms with Crippen LogP contribution in [0.2, 0.25) is 0 Å². The van der Waals surface area contributed by atoms with Crippen LogP contribution in [0.5, 0.6) is 0 Å². The van der Waals surface area contributed by atoms with Crippen LogP contribution in [0.4, 0.5) is 5.69 Å².